The molecule has 2 heterocycles. The Kier molecular flexibility index (Phi) is 5.42. The van der Waals surface area contributed by atoms with Crippen molar-refractivity contribution in [1.29, 1.82) is 0 Å². The van der Waals surface area contributed by atoms with Gasteiger partial charge in [0.2, 0.25) is 0 Å². The number of benzene rings is 2. The van der Waals surface area contributed by atoms with Crippen LogP contribution in [0.3, 0.4) is 0 Å². The molecule has 1 nitrogen and oxygen atoms in total. The van der Waals surface area contributed by atoms with Crippen molar-refractivity contribution in [1.82, 2.24) is 4.98 Å². The smallest absolute Gasteiger partial charge is 0.0346 e. The molecule has 0 aliphatic rings. The van der Waals surface area contributed by atoms with Gasteiger partial charge in [0.05, 0.1) is 0 Å². The second-order valence-corrected chi connectivity index (χ2v) is 5.13. The molecule has 2 aromatic carbocycles. The number of hydrogen-bond acceptors (Lipinski definition) is 2. The van der Waals surface area contributed by atoms with E-state index in [1.165, 1.54) is 20.9 Å². The first-order chi connectivity index (χ1) is 9.43. The Labute approximate surface area is 135 Å². The third-order valence-corrected chi connectivity index (χ3v) is 3.81. The van der Waals surface area contributed by atoms with Crippen LogP contribution in [0.25, 0.3) is 20.9 Å². The number of hydrogen-bond donors (Lipinski definition) is 0. The molecule has 3 heteroatoms. The number of pyridine rings is 1. The van der Waals surface area contributed by atoms with Gasteiger partial charge in [-0.25, -0.2) is 0 Å². The molecule has 0 amide bonds. The second-order valence-electron chi connectivity index (χ2n) is 4.18. The summed E-state index contributed by atoms with van der Waals surface area (Å²) in [4.78, 5) is 4.01. The SMILES string of the molecule is [Ir].c1ccc2cnccc2c1.c1ccc2sccc2c1. The minimum Gasteiger partial charge on any atom is -0.264 e. The van der Waals surface area contributed by atoms with Crippen molar-refractivity contribution in [2.75, 3.05) is 0 Å². The van der Waals surface area contributed by atoms with Gasteiger partial charge in [-0.1, -0.05) is 42.5 Å². The number of rotatable bonds is 0. The van der Waals surface area contributed by atoms with Gasteiger partial charge in [-0.15, -0.1) is 11.3 Å². The van der Waals surface area contributed by atoms with E-state index in [0.29, 0.717) is 0 Å². The third-order valence-electron chi connectivity index (χ3n) is 2.91. The van der Waals surface area contributed by atoms with Crippen molar-refractivity contribution in [3.05, 3.63) is 78.4 Å². The van der Waals surface area contributed by atoms with Crippen molar-refractivity contribution >= 4 is 32.2 Å². The van der Waals surface area contributed by atoms with Crippen LogP contribution >= 0.6 is 11.3 Å². The summed E-state index contributed by atoms with van der Waals surface area (Å²) in [6.07, 6.45) is 3.68. The molecule has 0 fully saturated rings. The Morgan fingerprint density at radius 1 is 0.700 bits per heavy atom. The first-order valence-electron chi connectivity index (χ1n) is 6.14. The van der Waals surface area contributed by atoms with Crippen LogP contribution in [-0.4, -0.2) is 4.98 Å². The Morgan fingerprint density at radius 2 is 1.40 bits per heavy atom. The van der Waals surface area contributed by atoms with Gasteiger partial charge < -0.3 is 0 Å². The van der Waals surface area contributed by atoms with Crippen LogP contribution in [0.4, 0.5) is 0 Å². The fraction of sp³-hybridized carbons (Fsp3) is 0. The Balaban J connectivity index is 0.000000141. The third kappa shape index (κ3) is 3.51. The molecule has 2 aromatic heterocycles. The van der Waals surface area contributed by atoms with E-state index >= 15 is 0 Å². The van der Waals surface area contributed by atoms with E-state index in [1.54, 1.807) is 11.3 Å². The number of thiophene rings is 1. The molecule has 0 unspecified atom stereocenters. The van der Waals surface area contributed by atoms with Gasteiger partial charge in [-0.2, -0.15) is 0 Å². The largest absolute Gasteiger partial charge is 0.264 e. The molecule has 4 rings (SSSR count). The molecule has 0 saturated carbocycles. The first kappa shape index (κ1) is 14.9. The zero-order valence-corrected chi connectivity index (χ0v) is 13.9. The molecule has 0 saturated heterocycles. The van der Waals surface area contributed by atoms with E-state index in [-0.39, 0.29) is 20.1 Å². The second kappa shape index (κ2) is 7.30. The average Bonchev–Trinajstić information content (AvgIpc) is 2.96. The van der Waals surface area contributed by atoms with Crippen LogP contribution in [0.1, 0.15) is 0 Å². The maximum atomic E-state index is 4.01. The quantitative estimate of drug-likeness (QED) is 0.358. The minimum atomic E-state index is 0. The summed E-state index contributed by atoms with van der Waals surface area (Å²) in [5.74, 6) is 0. The normalized spacial score (nSPS) is 9.60. The van der Waals surface area contributed by atoms with E-state index in [0.717, 1.165) is 0 Å². The predicted octanol–water partition coefficient (Wildman–Crippen LogP) is 5.13. The summed E-state index contributed by atoms with van der Waals surface area (Å²) in [6.45, 7) is 0. The molecule has 1 radical (unpaired) electrons. The van der Waals surface area contributed by atoms with E-state index in [9.17, 15) is 0 Å². The van der Waals surface area contributed by atoms with Crippen LogP contribution in [0.15, 0.2) is 78.4 Å². The standard InChI is InChI=1S/C9H7N.C8H6S.Ir/c1-2-4-9-7-10-6-5-8(9)3-1;1-2-4-8-7(3-1)5-6-9-8;/h1-7H;1-6H;. The van der Waals surface area contributed by atoms with E-state index in [4.69, 9.17) is 0 Å². The molecule has 4 aromatic rings. The van der Waals surface area contributed by atoms with Gasteiger partial charge in [-0.3, -0.25) is 4.98 Å². The summed E-state index contributed by atoms with van der Waals surface area (Å²) < 4.78 is 1.37. The molecular formula is C17H13IrNS. The van der Waals surface area contributed by atoms with Gasteiger partial charge in [0.15, 0.2) is 0 Å². The summed E-state index contributed by atoms with van der Waals surface area (Å²) in [5.41, 5.74) is 0. The summed E-state index contributed by atoms with van der Waals surface area (Å²) >= 11 is 1.79. The van der Waals surface area contributed by atoms with Crippen molar-refractivity contribution in [3.8, 4) is 0 Å². The monoisotopic (exact) mass is 456 g/mol. The van der Waals surface area contributed by atoms with Crippen LogP contribution in [-0.2, 0) is 20.1 Å². The van der Waals surface area contributed by atoms with Crippen molar-refractivity contribution < 1.29 is 20.1 Å². The Bertz CT molecular complexity index is 699. The van der Waals surface area contributed by atoms with E-state index in [1.807, 2.05) is 30.6 Å². The maximum Gasteiger partial charge on any atom is 0.0346 e. The van der Waals surface area contributed by atoms with Crippen molar-refractivity contribution in [3.63, 3.8) is 0 Å². The van der Waals surface area contributed by atoms with Gasteiger partial charge >= 0.3 is 0 Å². The number of fused-ring (bicyclic) bond motifs is 2. The van der Waals surface area contributed by atoms with Crippen LogP contribution < -0.4 is 0 Å². The molecule has 20 heavy (non-hydrogen) atoms. The summed E-state index contributed by atoms with van der Waals surface area (Å²) in [5, 5.41) is 5.91. The van der Waals surface area contributed by atoms with Crippen LogP contribution in [0.5, 0.6) is 0 Å². The molecule has 0 atom stereocenters. The molecule has 0 bridgehead atoms. The molecular weight excluding hydrogens is 442 g/mol. The predicted molar refractivity (Wildman–Crippen MR) is 83.6 cm³/mol. The van der Waals surface area contributed by atoms with Crippen LogP contribution in [0, 0.1) is 0 Å². The maximum absolute atomic E-state index is 4.01. The van der Waals surface area contributed by atoms with Gasteiger partial charge in [0, 0.05) is 37.2 Å². The average molecular weight is 456 g/mol. The molecule has 0 N–H and O–H groups in total. The fourth-order valence-electron chi connectivity index (χ4n) is 1.93. The van der Waals surface area contributed by atoms with Crippen LogP contribution in [0.2, 0.25) is 0 Å². The van der Waals surface area contributed by atoms with Gasteiger partial charge in [-0.05, 0) is 39.7 Å². The van der Waals surface area contributed by atoms with Gasteiger partial charge in [0.25, 0.3) is 0 Å². The number of aromatic nitrogens is 1. The van der Waals surface area contributed by atoms with E-state index in [2.05, 4.69) is 52.8 Å². The number of nitrogens with zero attached hydrogens (tertiary/aromatic N) is 1. The summed E-state index contributed by atoms with van der Waals surface area (Å²) in [7, 11) is 0. The fourth-order valence-corrected chi connectivity index (χ4v) is 2.72. The molecule has 0 aliphatic carbocycles. The first-order valence-corrected chi connectivity index (χ1v) is 7.02. The summed E-state index contributed by atoms with van der Waals surface area (Å²) in [6, 6.07) is 20.7. The zero-order chi connectivity index (χ0) is 12.9. The Morgan fingerprint density at radius 3 is 2.15 bits per heavy atom. The van der Waals surface area contributed by atoms with Crippen molar-refractivity contribution in [2.45, 2.75) is 0 Å². The molecule has 0 spiro atoms. The topological polar surface area (TPSA) is 12.9 Å². The van der Waals surface area contributed by atoms with Gasteiger partial charge in [0.1, 0.15) is 0 Å². The zero-order valence-electron chi connectivity index (χ0n) is 10.7. The minimum absolute atomic E-state index is 0. The Hall–Kier alpha value is -1.54. The molecule has 0 aliphatic heterocycles. The molecule has 101 valence electrons. The van der Waals surface area contributed by atoms with E-state index < -0.39 is 0 Å². The van der Waals surface area contributed by atoms with Crippen molar-refractivity contribution in [2.24, 2.45) is 0 Å².